The van der Waals surface area contributed by atoms with Gasteiger partial charge in [0.1, 0.15) is 6.61 Å². The molecule has 0 saturated heterocycles. The number of hydrogen-bond acceptors (Lipinski definition) is 4. The number of rotatable bonds is 6. The molecule has 0 fully saturated rings. The summed E-state index contributed by atoms with van der Waals surface area (Å²) in [4.78, 5) is 11.5. The Morgan fingerprint density at radius 2 is 1.67 bits per heavy atom. The molecule has 0 atom stereocenters. The first-order valence-electron chi connectivity index (χ1n) is 8.52. The number of benzene rings is 3. The summed E-state index contributed by atoms with van der Waals surface area (Å²) in [6.45, 7) is 0.269. The van der Waals surface area contributed by atoms with Gasteiger partial charge in [0.2, 0.25) is 0 Å². The van der Waals surface area contributed by atoms with Crippen molar-refractivity contribution in [3.8, 4) is 11.5 Å². The average molecular weight is 360 g/mol. The monoisotopic (exact) mass is 360 g/mol. The molecule has 0 amide bonds. The predicted octanol–water partition coefficient (Wildman–Crippen LogP) is 4.93. The number of ether oxygens (including phenoxy) is 2. The molecule has 0 unspecified atom stereocenters. The topological polar surface area (TPSA) is 55.8 Å². The normalized spacial score (nSPS) is 10.7. The standard InChI is InChI=1S/C23H20O4/c1-26-23(25)20-14-11-18(12-15-20)16-27-22-19(8-5-9-21(22)24)13-10-17-6-3-2-4-7-17/h2-15,24H,16H2,1H3. The fourth-order valence-corrected chi connectivity index (χ4v) is 2.59. The second-order valence-electron chi connectivity index (χ2n) is 5.92. The molecular weight excluding hydrogens is 340 g/mol. The Hall–Kier alpha value is -3.53. The predicted molar refractivity (Wildman–Crippen MR) is 106 cm³/mol. The molecule has 1 N–H and O–H groups in total. The molecule has 0 aromatic heterocycles. The van der Waals surface area contributed by atoms with Gasteiger partial charge in [0, 0.05) is 5.56 Å². The highest BCUT2D eigenvalue weighted by molar-refractivity contribution is 5.89. The van der Waals surface area contributed by atoms with Crippen LogP contribution in [0.4, 0.5) is 0 Å². The van der Waals surface area contributed by atoms with Gasteiger partial charge in [-0.15, -0.1) is 0 Å². The summed E-state index contributed by atoms with van der Waals surface area (Å²) in [7, 11) is 1.35. The van der Waals surface area contributed by atoms with Gasteiger partial charge in [-0.05, 0) is 29.3 Å². The number of phenolic OH excluding ortho intramolecular Hbond substituents is 1. The van der Waals surface area contributed by atoms with Gasteiger partial charge in [0.15, 0.2) is 11.5 Å². The molecule has 3 aromatic carbocycles. The third-order valence-corrected chi connectivity index (χ3v) is 4.04. The third kappa shape index (κ3) is 4.76. The maximum absolute atomic E-state index is 11.5. The van der Waals surface area contributed by atoms with Crippen molar-refractivity contribution in [2.45, 2.75) is 6.61 Å². The lowest BCUT2D eigenvalue weighted by atomic mass is 10.1. The van der Waals surface area contributed by atoms with Gasteiger partial charge in [-0.1, -0.05) is 66.7 Å². The third-order valence-electron chi connectivity index (χ3n) is 4.04. The number of carbonyl (C=O) groups excluding carboxylic acids is 1. The Morgan fingerprint density at radius 1 is 0.926 bits per heavy atom. The van der Waals surface area contributed by atoms with Gasteiger partial charge in [0.25, 0.3) is 0 Å². The highest BCUT2D eigenvalue weighted by Gasteiger charge is 2.09. The van der Waals surface area contributed by atoms with Gasteiger partial charge in [-0.2, -0.15) is 0 Å². The largest absolute Gasteiger partial charge is 0.504 e. The Labute approximate surface area is 158 Å². The molecule has 3 aromatic rings. The van der Waals surface area contributed by atoms with Crippen LogP contribution >= 0.6 is 0 Å². The van der Waals surface area contributed by atoms with Crippen LogP contribution in [0.1, 0.15) is 27.0 Å². The molecule has 0 heterocycles. The van der Waals surface area contributed by atoms with E-state index in [-0.39, 0.29) is 18.3 Å². The molecule has 0 bridgehead atoms. The van der Waals surface area contributed by atoms with Crippen LogP contribution in [-0.2, 0) is 11.3 Å². The summed E-state index contributed by atoms with van der Waals surface area (Å²) in [6, 6.07) is 22.1. The number of aromatic hydroxyl groups is 1. The van der Waals surface area contributed by atoms with Crippen LogP contribution in [0, 0.1) is 0 Å². The van der Waals surface area contributed by atoms with Gasteiger partial charge < -0.3 is 14.6 Å². The fraction of sp³-hybridized carbons (Fsp3) is 0.0870. The molecule has 4 nitrogen and oxygen atoms in total. The Bertz CT molecular complexity index is 928. The first-order chi connectivity index (χ1) is 13.2. The van der Waals surface area contributed by atoms with Crippen molar-refractivity contribution < 1.29 is 19.4 Å². The number of hydrogen-bond donors (Lipinski definition) is 1. The smallest absolute Gasteiger partial charge is 0.337 e. The summed E-state index contributed by atoms with van der Waals surface area (Å²) in [6.07, 6.45) is 3.87. The molecule has 27 heavy (non-hydrogen) atoms. The van der Waals surface area contributed by atoms with E-state index in [0.717, 1.165) is 16.7 Å². The van der Waals surface area contributed by atoms with Crippen molar-refractivity contribution in [1.82, 2.24) is 0 Å². The van der Waals surface area contributed by atoms with Crippen LogP contribution in [-0.4, -0.2) is 18.2 Å². The van der Waals surface area contributed by atoms with Crippen molar-refractivity contribution >= 4 is 18.1 Å². The van der Waals surface area contributed by atoms with Gasteiger partial charge in [-0.3, -0.25) is 0 Å². The molecule has 0 spiro atoms. The average Bonchev–Trinajstić information content (AvgIpc) is 2.72. The van der Waals surface area contributed by atoms with Crippen molar-refractivity contribution in [2.24, 2.45) is 0 Å². The van der Waals surface area contributed by atoms with E-state index in [0.29, 0.717) is 11.3 Å². The lowest BCUT2D eigenvalue weighted by molar-refractivity contribution is 0.0600. The van der Waals surface area contributed by atoms with E-state index >= 15 is 0 Å². The number of phenols is 1. The molecule has 0 aliphatic carbocycles. The van der Waals surface area contributed by atoms with Crippen molar-refractivity contribution in [3.05, 3.63) is 95.1 Å². The van der Waals surface area contributed by atoms with Crippen LogP contribution < -0.4 is 4.74 Å². The maximum atomic E-state index is 11.5. The molecule has 0 aliphatic rings. The second-order valence-corrected chi connectivity index (χ2v) is 5.92. The van der Waals surface area contributed by atoms with Gasteiger partial charge in [-0.25, -0.2) is 4.79 Å². The molecule has 4 heteroatoms. The quantitative estimate of drug-likeness (QED) is 0.500. The Morgan fingerprint density at radius 3 is 2.37 bits per heavy atom. The Kier molecular flexibility index (Phi) is 5.90. The van der Waals surface area contributed by atoms with E-state index in [1.165, 1.54) is 7.11 Å². The summed E-state index contributed by atoms with van der Waals surface area (Å²) in [5, 5.41) is 10.2. The number of para-hydroxylation sites is 1. The van der Waals surface area contributed by atoms with Crippen LogP contribution in [0.15, 0.2) is 72.8 Å². The summed E-state index contributed by atoms with van der Waals surface area (Å²) in [5.41, 5.74) is 3.20. The first kappa shape index (κ1) is 18.3. The highest BCUT2D eigenvalue weighted by Crippen LogP contribution is 2.32. The zero-order valence-corrected chi connectivity index (χ0v) is 15.0. The van der Waals surface area contributed by atoms with Gasteiger partial charge >= 0.3 is 5.97 Å². The molecular formula is C23H20O4. The van der Waals surface area contributed by atoms with E-state index in [4.69, 9.17) is 4.74 Å². The number of esters is 1. The highest BCUT2D eigenvalue weighted by atomic mass is 16.5. The van der Waals surface area contributed by atoms with Gasteiger partial charge in [0.05, 0.1) is 12.7 Å². The SMILES string of the molecule is COC(=O)c1ccc(COc2c(O)cccc2C=Cc2ccccc2)cc1. The van der Waals surface area contributed by atoms with E-state index in [9.17, 15) is 9.90 Å². The molecule has 136 valence electrons. The first-order valence-corrected chi connectivity index (χ1v) is 8.52. The second kappa shape index (κ2) is 8.72. The van der Waals surface area contributed by atoms with E-state index in [2.05, 4.69) is 4.74 Å². The minimum absolute atomic E-state index is 0.0800. The molecule has 0 radical (unpaired) electrons. The number of carbonyl (C=O) groups is 1. The van der Waals surface area contributed by atoms with E-state index in [1.807, 2.05) is 48.6 Å². The summed E-state index contributed by atoms with van der Waals surface area (Å²) >= 11 is 0. The van der Waals surface area contributed by atoms with Crippen LogP contribution in [0.25, 0.3) is 12.2 Å². The minimum Gasteiger partial charge on any atom is -0.504 e. The lowest BCUT2D eigenvalue weighted by Gasteiger charge is -2.11. The van der Waals surface area contributed by atoms with Crippen molar-refractivity contribution in [3.63, 3.8) is 0 Å². The maximum Gasteiger partial charge on any atom is 0.337 e. The van der Waals surface area contributed by atoms with E-state index in [1.54, 1.807) is 36.4 Å². The number of methoxy groups -OCH3 is 1. The van der Waals surface area contributed by atoms with Crippen molar-refractivity contribution in [2.75, 3.05) is 7.11 Å². The molecule has 3 rings (SSSR count). The Balaban J connectivity index is 1.75. The fourth-order valence-electron chi connectivity index (χ4n) is 2.59. The molecule has 0 aliphatic heterocycles. The lowest BCUT2D eigenvalue weighted by Crippen LogP contribution is -2.02. The zero-order chi connectivity index (χ0) is 19.1. The van der Waals surface area contributed by atoms with Crippen LogP contribution in [0.2, 0.25) is 0 Å². The van der Waals surface area contributed by atoms with Crippen LogP contribution in [0.5, 0.6) is 11.5 Å². The zero-order valence-electron chi connectivity index (χ0n) is 15.0. The van der Waals surface area contributed by atoms with Crippen LogP contribution in [0.3, 0.4) is 0 Å². The minimum atomic E-state index is -0.378. The molecule has 0 saturated carbocycles. The summed E-state index contributed by atoms with van der Waals surface area (Å²) in [5.74, 6) is 0.120. The van der Waals surface area contributed by atoms with Crippen molar-refractivity contribution in [1.29, 1.82) is 0 Å². The summed E-state index contributed by atoms with van der Waals surface area (Å²) < 4.78 is 10.5. The van der Waals surface area contributed by atoms with E-state index < -0.39 is 0 Å².